The van der Waals surface area contributed by atoms with E-state index < -0.39 is 0 Å². The van der Waals surface area contributed by atoms with Gasteiger partial charge >= 0.3 is 0 Å². The third-order valence-corrected chi connectivity index (χ3v) is 7.35. The van der Waals surface area contributed by atoms with Gasteiger partial charge < -0.3 is 19.5 Å². The average Bonchev–Trinajstić information content (AvgIpc) is 3.55. The molecule has 166 valence electrons. The van der Waals surface area contributed by atoms with E-state index in [0.29, 0.717) is 6.04 Å². The van der Waals surface area contributed by atoms with Crippen molar-refractivity contribution in [2.75, 3.05) is 39.4 Å². The summed E-state index contributed by atoms with van der Waals surface area (Å²) in [5, 5.41) is 4.43. The van der Waals surface area contributed by atoms with Crippen LogP contribution in [0, 0.1) is 0 Å². The molecule has 0 bridgehead atoms. The van der Waals surface area contributed by atoms with Gasteiger partial charge in [-0.25, -0.2) is 0 Å². The Kier molecular flexibility index (Phi) is 6.53. The van der Waals surface area contributed by atoms with Gasteiger partial charge in [0.25, 0.3) is 0 Å². The van der Waals surface area contributed by atoms with Crippen LogP contribution >= 0.6 is 12.2 Å². The Balaban J connectivity index is 1.35. The van der Waals surface area contributed by atoms with E-state index in [1.807, 2.05) is 12.3 Å². The number of pyridine rings is 1. The highest BCUT2D eigenvalue weighted by Gasteiger charge is 2.40. The van der Waals surface area contributed by atoms with Crippen molar-refractivity contribution in [3.8, 4) is 0 Å². The third kappa shape index (κ3) is 4.64. The molecule has 2 saturated heterocycles. The quantitative estimate of drug-likeness (QED) is 0.664. The van der Waals surface area contributed by atoms with Gasteiger partial charge in [-0.15, -0.1) is 0 Å². The zero-order chi connectivity index (χ0) is 21.0. The van der Waals surface area contributed by atoms with Gasteiger partial charge in [-0.1, -0.05) is 18.9 Å². The highest BCUT2D eigenvalue weighted by atomic mass is 32.1. The van der Waals surface area contributed by atoms with Gasteiger partial charge in [0.1, 0.15) is 0 Å². The van der Waals surface area contributed by atoms with E-state index in [1.54, 1.807) is 0 Å². The number of rotatable bonds is 7. The van der Waals surface area contributed by atoms with Crippen LogP contribution in [0.25, 0.3) is 0 Å². The first-order valence-corrected chi connectivity index (χ1v) is 12.2. The Morgan fingerprint density at radius 3 is 2.71 bits per heavy atom. The van der Waals surface area contributed by atoms with Crippen molar-refractivity contribution in [3.05, 3.63) is 54.1 Å². The van der Waals surface area contributed by atoms with E-state index in [0.717, 1.165) is 56.6 Å². The van der Waals surface area contributed by atoms with Crippen LogP contribution < -0.4 is 5.32 Å². The fourth-order valence-corrected chi connectivity index (χ4v) is 5.67. The van der Waals surface area contributed by atoms with Gasteiger partial charge in [0, 0.05) is 50.8 Å². The summed E-state index contributed by atoms with van der Waals surface area (Å²) in [6.07, 6.45) is 12.9. The largest absolute Gasteiger partial charge is 0.379 e. The van der Waals surface area contributed by atoms with Gasteiger partial charge in [-0.2, -0.15) is 0 Å². The average molecular weight is 440 g/mol. The molecule has 0 amide bonds. The zero-order valence-electron chi connectivity index (χ0n) is 18.2. The van der Waals surface area contributed by atoms with Crippen molar-refractivity contribution in [2.45, 2.75) is 50.2 Å². The van der Waals surface area contributed by atoms with E-state index in [9.17, 15) is 0 Å². The molecule has 3 aliphatic rings. The number of ether oxygens (including phenoxy) is 1. The number of morpholine rings is 1. The molecule has 2 atom stereocenters. The van der Waals surface area contributed by atoms with Gasteiger partial charge in [-0.3, -0.25) is 9.88 Å². The molecule has 1 aliphatic carbocycles. The van der Waals surface area contributed by atoms with Gasteiger partial charge in [-0.05, 0) is 55.2 Å². The number of hydrogen-bond acceptors (Lipinski definition) is 4. The van der Waals surface area contributed by atoms with Crippen molar-refractivity contribution in [1.29, 1.82) is 0 Å². The molecule has 2 aromatic rings. The Labute approximate surface area is 190 Å². The number of nitrogens with zero attached hydrogens (tertiary/aromatic N) is 4. The fraction of sp³-hybridized carbons (Fsp3) is 0.583. The van der Waals surface area contributed by atoms with Crippen molar-refractivity contribution >= 4 is 17.3 Å². The van der Waals surface area contributed by atoms with E-state index in [4.69, 9.17) is 17.0 Å². The normalized spacial score (nSPS) is 25.3. The molecule has 1 N–H and O–H groups in total. The first-order valence-electron chi connectivity index (χ1n) is 11.7. The second kappa shape index (κ2) is 9.67. The van der Waals surface area contributed by atoms with Crippen molar-refractivity contribution in [2.24, 2.45) is 0 Å². The molecule has 0 aromatic carbocycles. The van der Waals surface area contributed by atoms with E-state index in [1.165, 1.54) is 31.2 Å². The van der Waals surface area contributed by atoms with Crippen LogP contribution in [0.5, 0.6) is 0 Å². The Morgan fingerprint density at radius 1 is 1.10 bits per heavy atom. The molecule has 0 unspecified atom stereocenters. The number of thiocarbonyl (C=S) groups is 1. The molecular weight excluding hydrogens is 406 g/mol. The summed E-state index contributed by atoms with van der Waals surface area (Å²) in [6.45, 7) is 5.81. The molecule has 0 spiro atoms. The summed E-state index contributed by atoms with van der Waals surface area (Å²) in [6, 6.07) is 9.35. The lowest BCUT2D eigenvalue weighted by molar-refractivity contribution is 0.0365. The lowest BCUT2D eigenvalue weighted by atomic mass is 9.99. The monoisotopic (exact) mass is 439 g/mol. The number of nitrogens with one attached hydrogen (secondary N) is 1. The Hall–Kier alpha value is -1.96. The van der Waals surface area contributed by atoms with Crippen molar-refractivity contribution < 1.29 is 4.74 Å². The summed E-state index contributed by atoms with van der Waals surface area (Å²) in [4.78, 5) is 9.56. The van der Waals surface area contributed by atoms with Crippen molar-refractivity contribution in [1.82, 2.24) is 24.7 Å². The van der Waals surface area contributed by atoms with Crippen LogP contribution in [0.4, 0.5) is 0 Å². The van der Waals surface area contributed by atoms with Gasteiger partial charge in [0.05, 0.1) is 31.0 Å². The first kappa shape index (κ1) is 20.9. The minimum absolute atomic E-state index is 0.0801. The van der Waals surface area contributed by atoms with E-state index in [-0.39, 0.29) is 12.1 Å². The van der Waals surface area contributed by atoms with Gasteiger partial charge in [0.2, 0.25) is 0 Å². The minimum atomic E-state index is 0.0801. The maximum Gasteiger partial charge on any atom is 0.170 e. The number of aromatic nitrogens is 2. The first-order chi connectivity index (χ1) is 15.3. The molecule has 31 heavy (non-hydrogen) atoms. The van der Waals surface area contributed by atoms with Gasteiger partial charge in [0.15, 0.2) is 5.11 Å². The Bertz CT molecular complexity index is 860. The maximum atomic E-state index is 5.83. The number of hydrogen-bond donors (Lipinski definition) is 1. The van der Waals surface area contributed by atoms with Crippen LogP contribution in [-0.2, 0) is 4.74 Å². The van der Waals surface area contributed by atoms with E-state index in [2.05, 4.69) is 55.3 Å². The topological polar surface area (TPSA) is 45.6 Å². The molecule has 5 rings (SSSR count). The second-order valence-electron chi connectivity index (χ2n) is 8.96. The summed E-state index contributed by atoms with van der Waals surface area (Å²) >= 11 is 5.83. The summed E-state index contributed by atoms with van der Waals surface area (Å²) in [5.41, 5.74) is 2.39. The maximum absolute atomic E-state index is 5.83. The molecule has 3 fully saturated rings. The molecule has 4 heterocycles. The van der Waals surface area contributed by atoms with Crippen LogP contribution in [0.1, 0.15) is 61.5 Å². The summed E-state index contributed by atoms with van der Waals surface area (Å²) < 4.78 is 7.92. The summed E-state index contributed by atoms with van der Waals surface area (Å²) in [5.74, 6) is 0. The standard InChI is InChI=1S/C24H33N5OS/c31-24-26-22(21-8-3-4-10-25-21)23(19-9-13-28(18-19)20-6-1-2-7-20)29(24)12-5-11-27-14-16-30-17-15-27/h3-4,8-10,13,18,20,22-23H,1-2,5-7,11-12,14-17H2,(H,26,31)/t22-,23+/m0/s1. The molecule has 0 radical (unpaired) electrons. The molecule has 2 aliphatic heterocycles. The van der Waals surface area contributed by atoms with Crippen LogP contribution in [-0.4, -0.2) is 63.9 Å². The predicted molar refractivity (Wildman–Crippen MR) is 126 cm³/mol. The molecule has 7 heteroatoms. The van der Waals surface area contributed by atoms with Crippen LogP contribution in [0.15, 0.2) is 42.9 Å². The minimum Gasteiger partial charge on any atom is -0.379 e. The van der Waals surface area contributed by atoms with E-state index >= 15 is 0 Å². The van der Waals surface area contributed by atoms with Crippen LogP contribution in [0.3, 0.4) is 0 Å². The smallest absolute Gasteiger partial charge is 0.170 e. The lowest BCUT2D eigenvalue weighted by Gasteiger charge is -2.30. The third-order valence-electron chi connectivity index (χ3n) is 7.00. The highest BCUT2D eigenvalue weighted by Crippen LogP contribution is 2.40. The molecule has 6 nitrogen and oxygen atoms in total. The highest BCUT2D eigenvalue weighted by molar-refractivity contribution is 7.80. The lowest BCUT2D eigenvalue weighted by Crippen LogP contribution is -2.38. The zero-order valence-corrected chi connectivity index (χ0v) is 19.0. The molecule has 1 saturated carbocycles. The second-order valence-corrected chi connectivity index (χ2v) is 9.34. The predicted octanol–water partition coefficient (Wildman–Crippen LogP) is 3.69. The Morgan fingerprint density at radius 2 is 1.94 bits per heavy atom. The van der Waals surface area contributed by atoms with Crippen LogP contribution in [0.2, 0.25) is 0 Å². The van der Waals surface area contributed by atoms with Crippen molar-refractivity contribution in [3.63, 3.8) is 0 Å². The SMILES string of the molecule is S=C1N[C@@H](c2ccccn2)[C@@H](c2ccn(C3CCCC3)c2)N1CCCN1CCOCC1. The molecule has 2 aromatic heterocycles. The molecular formula is C24H33N5OS. The summed E-state index contributed by atoms with van der Waals surface area (Å²) in [7, 11) is 0. The fourth-order valence-electron chi connectivity index (χ4n) is 5.33.